The van der Waals surface area contributed by atoms with E-state index in [2.05, 4.69) is 88.8 Å². The summed E-state index contributed by atoms with van der Waals surface area (Å²) in [6.45, 7) is 23.3. The van der Waals surface area contributed by atoms with Crippen LogP contribution in [0.4, 0.5) is 14.4 Å². The number of thioether (sulfide) groups is 1. The van der Waals surface area contributed by atoms with Crippen LogP contribution in [0.25, 0.3) is 0 Å². The minimum absolute atomic E-state index is 0.00199. The average molecular weight is 758 g/mol. The van der Waals surface area contributed by atoms with Crippen LogP contribution in [0.2, 0.25) is 0 Å². The second-order valence-electron chi connectivity index (χ2n) is 14.7. The van der Waals surface area contributed by atoms with E-state index in [9.17, 15) is 19.2 Å². The first kappa shape index (κ1) is 45.6. The maximum absolute atomic E-state index is 10.9. The molecule has 0 aromatic rings. The molecule has 0 spiro atoms. The highest BCUT2D eigenvalue weighted by Gasteiger charge is 2.40. The summed E-state index contributed by atoms with van der Waals surface area (Å²) in [5, 5.41) is 24.6. The zero-order chi connectivity index (χ0) is 38.5. The molecule has 52 heavy (non-hydrogen) atoms. The van der Waals surface area contributed by atoms with E-state index in [0.29, 0.717) is 47.5 Å². The lowest BCUT2D eigenvalue weighted by Gasteiger charge is -2.26. The molecule has 302 valence electrons. The Morgan fingerprint density at radius 3 is 2.04 bits per heavy atom. The van der Waals surface area contributed by atoms with Crippen molar-refractivity contribution in [3.63, 3.8) is 0 Å². The molecule has 16 heteroatoms. The summed E-state index contributed by atoms with van der Waals surface area (Å²) >= 11 is 1.91. The first-order chi connectivity index (χ1) is 24.8. The van der Waals surface area contributed by atoms with Gasteiger partial charge >= 0.3 is 18.2 Å². The first-order valence-electron chi connectivity index (χ1n) is 19.4. The molecule has 0 aromatic heterocycles. The van der Waals surface area contributed by atoms with Crippen molar-refractivity contribution >= 4 is 35.8 Å². The molecule has 0 saturated carbocycles. The van der Waals surface area contributed by atoms with Crippen LogP contribution in [0.15, 0.2) is 0 Å². The van der Waals surface area contributed by atoms with Crippen LogP contribution in [-0.2, 0) is 14.3 Å². The lowest BCUT2D eigenvalue weighted by Crippen LogP contribution is -2.51. The maximum Gasteiger partial charge on any atom is 0.409 e. The van der Waals surface area contributed by atoms with Gasteiger partial charge in [-0.05, 0) is 52.4 Å². The summed E-state index contributed by atoms with van der Waals surface area (Å²) in [6, 6.07) is 2.41. The van der Waals surface area contributed by atoms with E-state index < -0.39 is 0 Å². The van der Waals surface area contributed by atoms with Gasteiger partial charge in [-0.15, -0.1) is 0 Å². The van der Waals surface area contributed by atoms with E-state index >= 15 is 0 Å². The van der Waals surface area contributed by atoms with Gasteiger partial charge in [0.2, 0.25) is 5.91 Å². The number of amides is 6. The topological polar surface area (TPSA) is 186 Å². The Morgan fingerprint density at radius 1 is 0.865 bits per heavy atom. The first-order valence-corrected chi connectivity index (χ1v) is 20.5. The number of ether oxygens (including phenoxy) is 2. The summed E-state index contributed by atoms with van der Waals surface area (Å²) in [5.74, 6) is 2.17. The van der Waals surface area contributed by atoms with Gasteiger partial charge in [-0.1, -0.05) is 34.1 Å². The van der Waals surface area contributed by atoms with Crippen LogP contribution in [0.1, 0.15) is 80.6 Å². The molecule has 7 aliphatic heterocycles. The molecule has 7 heterocycles. The van der Waals surface area contributed by atoms with Gasteiger partial charge in [-0.25, -0.2) is 14.4 Å². The third-order valence-corrected chi connectivity index (χ3v) is 11.1. The van der Waals surface area contributed by atoms with Crippen LogP contribution in [-0.4, -0.2) is 142 Å². The zero-order valence-corrected chi connectivity index (χ0v) is 33.9. The number of carbonyl (C=O) groups excluding carboxylic acids is 4. The Hall–Kier alpha value is -2.53. The van der Waals surface area contributed by atoms with Crippen molar-refractivity contribution in [3.8, 4) is 0 Å². The number of hydrogen-bond donors (Lipinski definition) is 8. The van der Waals surface area contributed by atoms with E-state index in [1.807, 2.05) is 18.7 Å². The molecule has 9 unspecified atom stereocenters. The Morgan fingerprint density at radius 2 is 1.58 bits per heavy atom. The number of urea groups is 2. The number of piperazine rings is 1. The van der Waals surface area contributed by atoms with E-state index in [1.165, 1.54) is 13.5 Å². The van der Waals surface area contributed by atoms with Crippen molar-refractivity contribution in [1.29, 1.82) is 0 Å². The highest BCUT2D eigenvalue weighted by Crippen LogP contribution is 2.28. The molecule has 6 amide bonds. The number of fused-ring (bicyclic) bond motifs is 1. The van der Waals surface area contributed by atoms with Crippen molar-refractivity contribution < 1.29 is 28.7 Å². The highest BCUT2D eigenvalue weighted by atomic mass is 32.2. The molecule has 9 atom stereocenters. The Kier molecular flexibility index (Phi) is 22.4. The molecule has 8 N–H and O–H groups in total. The second kappa shape index (κ2) is 25.5. The second-order valence-corrected chi connectivity index (χ2v) is 16.2. The zero-order valence-electron chi connectivity index (χ0n) is 33.1. The Bertz CT molecular complexity index is 1040. The van der Waals surface area contributed by atoms with E-state index in [0.717, 1.165) is 90.4 Å². The third kappa shape index (κ3) is 18.5. The number of methoxy groups -OCH3 is 1. The summed E-state index contributed by atoms with van der Waals surface area (Å²) in [7, 11) is 1.42. The fourth-order valence-corrected chi connectivity index (χ4v) is 7.44. The largest absolute Gasteiger partial charge is 0.453 e. The van der Waals surface area contributed by atoms with Crippen LogP contribution in [0.5, 0.6) is 0 Å². The molecule has 7 fully saturated rings. The van der Waals surface area contributed by atoms with E-state index in [-0.39, 0.29) is 30.0 Å². The number of morpholine rings is 1. The van der Waals surface area contributed by atoms with Gasteiger partial charge in [0.05, 0.1) is 31.9 Å². The summed E-state index contributed by atoms with van der Waals surface area (Å²) < 4.78 is 9.78. The van der Waals surface area contributed by atoms with Gasteiger partial charge in [0, 0.05) is 87.4 Å². The third-order valence-electron chi connectivity index (χ3n) is 9.75. The lowest BCUT2D eigenvalue weighted by molar-refractivity contribution is -0.124. The van der Waals surface area contributed by atoms with Gasteiger partial charge in [0.15, 0.2) is 0 Å². The Labute approximate surface area is 317 Å². The fourth-order valence-electron chi connectivity index (χ4n) is 6.17. The molecule has 0 radical (unpaired) electrons. The minimum Gasteiger partial charge on any atom is -0.453 e. The predicted octanol–water partition coefficient (Wildman–Crippen LogP) is 2.22. The smallest absolute Gasteiger partial charge is 0.409 e. The molecule has 15 nitrogen and oxygen atoms in total. The van der Waals surface area contributed by atoms with Crippen LogP contribution >= 0.6 is 11.8 Å². The van der Waals surface area contributed by atoms with Gasteiger partial charge < -0.3 is 56.9 Å². The quantitative estimate of drug-likeness (QED) is 0.185. The van der Waals surface area contributed by atoms with Crippen molar-refractivity contribution in [2.24, 2.45) is 11.8 Å². The standard InChI is InChI=1S/C7H13NO2.C7H13NO.C6H10N2OS.C6H14N2.C5H10N2O.C5H11NO/c1-6-3-4-8(5-6)7(9)10-2;1-6-4-2-3-5-8-7(6)9;1-3-5-4(2-10-3)7-6(9)8-5;1-5-3-8-6(2)4-7-5;1-2-4-3-6-5(8)7-4;1-5-4-6-2-3-7-5/h6H,3-5H2,1-2H3;6H,2-5H2,1H3,(H,8,9);3-5H,2H2,1H3,(H2,7,8,9);5-8H,3-4H2,1-2H3;4H,2-3H2,1H3,(H2,6,7,8);5-6H,2-4H2,1H3. The summed E-state index contributed by atoms with van der Waals surface area (Å²) in [6.07, 6.45) is 5.76. The fraction of sp³-hybridized carbons (Fsp3) is 0.889. The van der Waals surface area contributed by atoms with Gasteiger partial charge in [0.25, 0.3) is 0 Å². The number of nitrogens with zero attached hydrogens (tertiary/aromatic N) is 1. The van der Waals surface area contributed by atoms with Crippen molar-refractivity contribution in [2.75, 3.05) is 71.8 Å². The number of hydrogen-bond acceptors (Lipinski definition) is 10. The molecular weight excluding hydrogens is 687 g/mol. The van der Waals surface area contributed by atoms with Crippen molar-refractivity contribution in [2.45, 2.75) is 122 Å². The number of rotatable bonds is 1. The normalized spacial score (nSPS) is 33.1. The Balaban J connectivity index is 0.000000217. The molecule has 0 bridgehead atoms. The van der Waals surface area contributed by atoms with Gasteiger partial charge in [0.1, 0.15) is 0 Å². The molecular formula is C36H71N9O6S. The monoisotopic (exact) mass is 758 g/mol. The number of likely N-dealkylation sites (tertiary alicyclic amines) is 1. The lowest BCUT2D eigenvalue weighted by atomic mass is 10.1. The summed E-state index contributed by atoms with van der Waals surface area (Å²) in [5.41, 5.74) is 0. The van der Waals surface area contributed by atoms with Gasteiger partial charge in [-0.2, -0.15) is 11.8 Å². The predicted molar refractivity (Wildman–Crippen MR) is 209 cm³/mol. The maximum atomic E-state index is 10.9. The van der Waals surface area contributed by atoms with E-state index in [1.54, 1.807) is 4.90 Å². The van der Waals surface area contributed by atoms with Crippen molar-refractivity contribution in [3.05, 3.63) is 0 Å². The SMILES string of the molecule is CC1CCCCNC1=O.CC1CNC(C)CN1.CC1CNCCO1.CC1SCC2NC(=O)NC21.CCC1CNC(=O)N1.COC(=O)N1CCC(C)C1. The number of nitrogens with one attached hydrogen (secondary N) is 8. The van der Waals surface area contributed by atoms with E-state index in [4.69, 9.17) is 4.74 Å². The van der Waals surface area contributed by atoms with Crippen molar-refractivity contribution in [1.82, 2.24) is 47.4 Å². The van der Waals surface area contributed by atoms with Crippen LogP contribution in [0.3, 0.4) is 0 Å². The highest BCUT2D eigenvalue weighted by molar-refractivity contribution is 8.00. The van der Waals surface area contributed by atoms with Crippen LogP contribution in [0, 0.1) is 11.8 Å². The molecule has 0 aliphatic carbocycles. The molecule has 7 aliphatic rings. The van der Waals surface area contributed by atoms with Gasteiger partial charge in [-0.3, -0.25) is 4.79 Å². The number of carbonyl (C=O) groups is 4. The average Bonchev–Trinajstić information content (AvgIpc) is 3.91. The molecule has 7 rings (SSSR count). The molecule has 7 saturated heterocycles. The summed E-state index contributed by atoms with van der Waals surface area (Å²) in [4.78, 5) is 44.7. The minimum atomic E-state index is -0.190. The molecule has 0 aromatic carbocycles. The van der Waals surface area contributed by atoms with Crippen LogP contribution < -0.4 is 42.5 Å².